The molecule has 196 valence electrons. The fourth-order valence-electron chi connectivity index (χ4n) is 5.12. The predicted octanol–water partition coefficient (Wildman–Crippen LogP) is 9.28. The molecule has 0 rings (SSSR count). The second-order valence-corrected chi connectivity index (χ2v) is 12.4. The molecule has 2 unspecified atom stereocenters. The first kappa shape index (κ1) is 32.8. The van der Waals surface area contributed by atoms with Gasteiger partial charge in [0, 0.05) is 12.8 Å². The maximum Gasteiger partial charge on any atom is 0.376 e. The van der Waals surface area contributed by atoms with E-state index in [0.29, 0.717) is 10.9 Å². The maximum atomic E-state index is 12.0. The van der Waals surface area contributed by atoms with Gasteiger partial charge in [-0.1, -0.05) is 126 Å². The summed E-state index contributed by atoms with van der Waals surface area (Å²) in [5.41, 5.74) is 0. The third kappa shape index (κ3) is 16.1. The van der Waals surface area contributed by atoms with E-state index in [1.165, 1.54) is 116 Å². The van der Waals surface area contributed by atoms with Gasteiger partial charge in [0.15, 0.2) is 0 Å². The highest BCUT2D eigenvalue weighted by Crippen LogP contribution is 2.44. The van der Waals surface area contributed by atoms with Gasteiger partial charge in [0.05, 0.1) is 21.1 Å². The Kier molecular flexibility index (Phi) is 20.9. The number of quaternary nitrogens is 1. The topological polar surface area (TPSA) is 40.1 Å². The Morgan fingerprint density at radius 2 is 1.00 bits per heavy atom. The molecule has 33 heavy (non-hydrogen) atoms. The van der Waals surface area contributed by atoms with Gasteiger partial charge in [0.2, 0.25) is 0 Å². The van der Waals surface area contributed by atoms with E-state index in [1.54, 1.807) is 0 Å². The van der Waals surface area contributed by atoms with Crippen LogP contribution in [0.25, 0.3) is 0 Å². The number of unbranched alkanes of at least 4 members (excludes halogenated alkanes) is 18. The van der Waals surface area contributed by atoms with Gasteiger partial charge in [0.1, 0.15) is 0 Å². The van der Waals surface area contributed by atoms with Crippen LogP contribution in [0.4, 0.5) is 0 Å². The van der Waals surface area contributed by atoms with Crippen molar-refractivity contribution < 1.29 is 13.9 Å². The maximum absolute atomic E-state index is 12.0. The number of hydrogen-bond acceptors (Lipinski definition) is 2. The molecule has 0 aliphatic rings. The second-order valence-electron chi connectivity index (χ2n) is 11.1. The zero-order valence-electron chi connectivity index (χ0n) is 23.2. The average Bonchev–Trinajstić information content (AvgIpc) is 2.76. The molecule has 4 heteroatoms. The third-order valence-electron chi connectivity index (χ3n) is 7.59. The monoisotopic (exact) mass is 484 g/mol. The molecule has 2 atom stereocenters. The summed E-state index contributed by atoms with van der Waals surface area (Å²) in [7, 11) is 3.64. The fourth-order valence-corrected chi connectivity index (χ4v) is 6.21. The van der Waals surface area contributed by atoms with Gasteiger partial charge < -0.3 is 4.89 Å². The highest BCUT2D eigenvalue weighted by molar-refractivity contribution is 7.38. The van der Waals surface area contributed by atoms with Crippen molar-refractivity contribution in [2.75, 3.05) is 21.1 Å². The highest BCUT2D eigenvalue weighted by Gasteiger charge is 2.52. The molecule has 0 aromatic rings. The number of nitrogens with zero attached hydrogens (tertiary/aromatic N) is 1. The molecule has 3 nitrogen and oxygen atoms in total. The van der Waals surface area contributed by atoms with Gasteiger partial charge in [0.25, 0.3) is 5.28 Å². The number of rotatable bonds is 24. The number of allylic oxidation sites excluding steroid dienone is 2. The lowest BCUT2D eigenvalue weighted by Crippen LogP contribution is -2.55. The van der Waals surface area contributed by atoms with Crippen molar-refractivity contribution in [2.45, 2.75) is 154 Å². The molecule has 0 aromatic carbocycles. The molecular formula is C29H59NO2P+. The minimum Gasteiger partial charge on any atom is -0.590 e. The first-order valence-corrected chi connectivity index (χ1v) is 15.6. The van der Waals surface area contributed by atoms with Crippen molar-refractivity contribution in [3.8, 4) is 0 Å². The van der Waals surface area contributed by atoms with E-state index < -0.39 is 13.3 Å². The minimum absolute atomic E-state index is 0.513. The standard InChI is InChI=1S/C29H59NO2P/c1-6-8-9-10-11-12-13-14-15-16-17-18-19-20-21-22-23-24-25-26-27-28-29(7-2,33(31)32)30(3,4)5/h6,8H,7,9-28H2,1-5H3/q+1/b8-6-. The fraction of sp³-hybridized carbons (Fsp3) is 0.931. The largest absolute Gasteiger partial charge is 0.590 e. The van der Waals surface area contributed by atoms with Crippen LogP contribution in [-0.2, 0) is 4.57 Å². The summed E-state index contributed by atoms with van der Waals surface area (Å²) in [6, 6.07) is 0. The Hall–Kier alpha value is -0.240. The molecule has 0 saturated heterocycles. The second kappa shape index (κ2) is 21.1. The van der Waals surface area contributed by atoms with E-state index in [-0.39, 0.29) is 0 Å². The van der Waals surface area contributed by atoms with Crippen molar-refractivity contribution in [3.63, 3.8) is 0 Å². The summed E-state index contributed by atoms with van der Waals surface area (Å²) in [5, 5.41) is -0.596. The van der Waals surface area contributed by atoms with Gasteiger partial charge >= 0.3 is 8.03 Å². The van der Waals surface area contributed by atoms with E-state index in [9.17, 15) is 9.46 Å². The summed E-state index contributed by atoms with van der Waals surface area (Å²) in [4.78, 5) is 12.0. The molecule has 0 spiro atoms. The van der Waals surface area contributed by atoms with Crippen LogP contribution in [-0.4, -0.2) is 30.9 Å². The Balaban J connectivity index is 3.43. The predicted molar refractivity (Wildman–Crippen MR) is 146 cm³/mol. The van der Waals surface area contributed by atoms with Crippen LogP contribution < -0.4 is 4.89 Å². The highest BCUT2D eigenvalue weighted by atomic mass is 31.1. The van der Waals surface area contributed by atoms with Crippen LogP contribution in [0.1, 0.15) is 149 Å². The molecule has 0 aliphatic heterocycles. The summed E-state index contributed by atoms with van der Waals surface area (Å²) in [6.45, 7) is 4.13. The van der Waals surface area contributed by atoms with Crippen molar-refractivity contribution in [2.24, 2.45) is 0 Å². The van der Waals surface area contributed by atoms with Crippen LogP contribution in [0, 0.1) is 0 Å². The lowest BCUT2D eigenvalue weighted by atomic mass is 10.0. The molecule has 0 amide bonds. The van der Waals surface area contributed by atoms with Gasteiger partial charge in [-0.3, -0.25) is 4.48 Å². The molecule has 0 bridgehead atoms. The first-order chi connectivity index (χ1) is 15.8. The molecule has 0 radical (unpaired) electrons. The van der Waals surface area contributed by atoms with Crippen molar-refractivity contribution in [3.05, 3.63) is 12.2 Å². The Bertz CT molecular complexity index is 487. The first-order valence-electron chi connectivity index (χ1n) is 14.4. The van der Waals surface area contributed by atoms with E-state index in [1.807, 2.05) is 28.1 Å². The number of hydrogen-bond donors (Lipinski definition) is 0. The van der Waals surface area contributed by atoms with Crippen LogP contribution in [0.2, 0.25) is 0 Å². The summed E-state index contributed by atoms with van der Waals surface area (Å²) >= 11 is 0. The van der Waals surface area contributed by atoms with Crippen LogP contribution in [0.3, 0.4) is 0 Å². The Labute approximate surface area is 209 Å². The third-order valence-corrected chi connectivity index (χ3v) is 9.41. The van der Waals surface area contributed by atoms with E-state index in [0.717, 1.165) is 12.8 Å². The molecule has 0 fully saturated rings. The molecule has 0 heterocycles. The van der Waals surface area contributed by atoms with Gasteiger partial charge in [-0.05, 0) is 26.2 Å². The molecule has 0 aliphatic carbocycles. The van der Waals surface area contributed by atoms with Crippen molar-refractivity contribution in [1.29, 1.82) is 0 Å². The van der Waals surface area contributed by atoms with Crippen molar-refractivity contribution in [1.82, 2.24) is 0 Å². The normalized spacial score (nSPS) is 14.7. The van der Waals surface area contributed by atoms with Gasteiger partial charge in [-0.15, -0.1) is 0 Å². The summed E-state index contributed by atoms with van der Waals surface area (Å²) in [6.07, 6.45) is 31.7. The minimum atomic E-state index is -2.41. The Morgan fingerprint density at radius 3 is 1.27 bits per heavy atom. The van der Waals surface area contributed by atoms with Crippen molar-refractivity contribution >= 4 is 8.03 Å². The summed E-state index contributed by atoms with van der Waals surface area (Å²) < 4.78 is 12.5. The zero-order valence-corrected chi connectivity index (χ0v) is 24.1. The van der Waals surface area contributed by atoms with E-state index in [2.05, 4.69) is 19.1 Å². The average molecular weight is 485 g/mol. The van der Waals surface area contributed by atoms with Gasteiger partial charge in [-0.25, -0.2) is 0 Å². The lowest BCUT2D eigenvalue weighted by Gasteiger charge is -2.39. The molecule has 0 N–H and O–H groups in total. The van der Waals surface area contributed by atoms with Gasteiger partial charge in [-0.2, -0.15) is 0 Å². The Morgan fingerprint density at radius 1 is 0.667 bits per heavy atom. The zero-order chi connectivity index (χ0) is 24.8. The molecular weight excluding hydrogens is 425 g/mol. The summed E-state index contributed by atoms with van der Waals surface area (Å²) in [5.74, 6) is 0. The lowest BCUT2D eigenvalue weighted by molar-refractivity contribution is -0.910. The van der Waals surface area contributed by atoms with E-state index in [4.69, 9.17) is 0 Å². The molecule has 0 aromatic heterocycles. The van der Waals surface area contributed by atoms with Crippen LogP contribution >= 0.6 is 8.03 Å². The molecule has 0 saturated carbocycles. The smallest absolute Gasteiger partial charge is 0.376 e. The van der Waals surface area contributed by atoms with Crippen LogP contribution in [0.15, 0.2) is 12.2 Å². The van der Waals surface area contributed by atoms with E-state index >= 15 is 0 Å². The van der Waals surface area contributed by atoms with Crippen LogP contribution in [0.5, 0.6) is 0 Å². The quantitative estimate of drug-likeness (QED) is 0.0592. The SMILES string of the molecule is C/C=C\CCCCCCCCCCCCCCCCCCCCC(CC)([P+](=O)[O-])[N+](C)(C)C.